The van der Waals surface area contributed by atoms with Gasteiger partial charge in [0.1, 0.15) is 69.6 Å². The Morgan fingerprint density at radius 1 is 0.474 bits per heavy atom. The number of nitro benzene ring substituents is 2. The molecule has 45 heteroatoms. The van der Waals surface area contributed by atoms with Crippen LogP contribution in [0.5, 0.6) is 57.5 Å². The summed E-state index contributed by atoms with van der Waals surface area (Å²) in [6.45, 7) is 8.33. The van der Waals surface area contributed by atoms with Crippen molar-refractivity contribution in [2.75, 3.05) is 39.3 Å². The van der Waals surface area contributed by atoms with Gasteiger partial charge in [0.05, 0.1) is 32.7 Å². The van der Waals surface area contributed by atoms with Crippen LogP contribution in [0.3, 0.4) is 0 Å². The molecule has 0 bridgehead atoms. The van der Waals surface area contributed by atoms with Crippen molar-refractivity contribution in [3.63, 3.8) is 0 Å². The van der Waals surface area contributed by atoms with E-state index in [0.717, 1.165) is 49.2 Å². The summed E-state index contributed by atoms with van der Waals surface area (Å²) in [7, 11) is 0. The van der Waals surface area contributed by atoms with Crippen LogP contribution in [0.2, 0.25) is 0 Å². The Balaban J connectivity index is -0.000000191. The third-order valence-electron chi connectivity index (χ3n) is 16.2. The molecule has 0 unspecified atom stereocenters. The topological polar surface area (TPSA) is 251 Å². The van der Waals surface area contributed by atoms with Crippen LogP contribution in [0, 0.1) is 95.6 Å². The number of fused-ring (bicyclic) bond motifs is 3. The summed E-state index contributed by atoms with van der Waals surface area (Å²) in [5.41, 5.74) is 3.10. The molecule has 0 aromatic heterocycles. The van der Waals surface area contributed by atoms with Gasteiger partial charge >= 0.3 is 12.1 Å². The van der Waals surface area contributed by atoms with Gasteiger partial charge in [-0.1, -0.05) is 42.8 Å². The second kappa shape index (κ2) is 78.0. The molecule has 18 radical (unpaired) electrons. The average molecular weight is 3130 g/mol. The third-order valence-corrected chi connectivity index (χ3v) is 16.4. The van der Waals surface area contributed by atoms with E-state index < -0.39 is 21.9 Å². The van der Waals surface area contributed by atoms with Crippen LogP contribution in [0.15, 0.2) is 176 Å². The summed E-state index contributed by atoms with van der Waals surface area (Å²) in [4.78, 5) is 45.1. The summed E-state index contributed by atoms with van der Waals surface area (Å²) in [5.74, 6) is 3.61. The van der Waals surface area contributed by atoms with E-state index in [1.165, 1.54) is 89.8 Å². The largest absolute Gasteiger partial charge is 0.664 e. The molecule has 3 saturated heterocycles. The zero-order chi connectivity index (χ0) is 70.2. The average Bonchev–Trinajstić information content (AvgIpc) is 1.27. The molecule has 566 valence electrons. The molecule has 0 saturated carbocycles. The molecule has 6 atom stereocenters. The summed E-state index contributed by atoms with van der Waals surface area (Å²) >= 11 is 4.81. The maximum Gasteiger partial charge on any atom is 0.415 e. The monoisotopic (exact) mass is 3130 g/mol. The zero-order valence-corrected chi connectivity index (χ0v) is 117. The Labute approximate surface area is 1150 Å². The van der Waals surface area contributed by atoms with Gasteiger partial charge in [-0.05, 0) is 157 Å². The predicted octanol–water partition coefficient (Wildman–Crippen LogP) is 15.4. The van der Waals surface area contributed by atoms with Crippen LogP contribution in [-0.4, -0.2) is 66.1 Å². The van der Waals surface area contributed by atoms with Gasteiger partial charge in [0, 0.05) is 686 Å². The number of hydrogen-bond donors (Lipinski definition) is 1. The number of halogens is 4. The van der Waals surface area contributed by atoms with E-state index in [-0.39, 0.29) is 712 Å². The number of amides is 1. The first-order valence-electron chi connectivity index (χ1n) is 31.8. The van der Waals surface area contributed by atoms with Crippen LogP contribution in [0.4, 0.5) is 29.3 Å². The molecule has 6 aliphatic rings. The first kappa shape index (κ1) is 137. The van der Waals surface area contributed by atoms with E-state index in [1.807, 2.05) is 30.9 Å². The summed E-state index contributed by atoms with van der Waals surface area (Å²) in [6, 6.07) is 45.1. The maximum atomic E-state index is 13.5. The predicted molar refractivity (Wildman–Crippen MR) is 344 cm³/mol. The standard InChI is InChI=1S/C26H21FN2O7.C19H18FNO3.C19H17FNO3.C7H4ClNO4.W.18Y/c27-19-3-1-17(2-4-19)23-11-12-28(26(30)36-21-7-5-20(6-8-21)29(31)32)14-18(23)15-33-22-9-10-24-25(13-22)35-16-34-24;2*20-15-3-1-13(2-4-15)17-7-8-21-10-14(17)11-22-16-5-6-18-19(9-16)24-12-23-18;8-13-7(10)5-1-3-6(4-2-5)9(11)12;;;;;;;;;;;;;;;;;;;/h1-10,13,15-16,18,23H,11-12,14H2;1-6,9,11-12,14,17,21H,7-8,10H2;1-6,9,11-12,14,17H,7-8,10H2;1-4H;;;;;;;;;;;;;;;;;;;/q2*-2;-3;;;;;;;;;;;;;;;;;;;;/t18-,23-;2*14-,17-;;;;;;;;;;;;;;;;;;;;/m000..................../s1/i16D;2*12D;;;;;;;;;;;;;;;;;;;;. The smallest absolute Gasteiger partial charge is 0.415 e. The van der Waals surface area contributed by atoms with Gasteiger partial charge in [-0.3, -0.25) is 20.2 Å². The number of carbonyl (C=O) groups excluding carboxylic acids is 2. The molecule has 22 nitrogen and oxygen atoms in total. The van der Waals surface area contributed by atoms with Gasteiger partial charge in [0.2, 0.25) is 0 Å². The number of nitro groups is 2. The van der Waals surface area contributed by atoms with E-state index in [9.17, 15) is 43.0 Å². The second-order valence-electron chi connectivity index (χ2n) is 22.3. The summed E-state index contributed by atoms with van der Waals surface area (Å²) in [6.07, 6.45) is 1.86. The number of hydrogen-bond acceptors (Lipinski definition) is 18. The normalized spacial score (nSPS) is 16.9. The maximum absolute atomic E-state index is 13.5. The van der Waals surface area contributed by atoms with E-state index >= 15 is 0 Å². The minimum absolute atomic E-state index is 0. The second-order valence-corrected chi connectivity index (χ2v) is 22.5. The van der Waals surface area contributed by atoms with Gasteiger partial charge < -0.3 is 67.2 Å². The summed E-state index contributed by atoms with van der Waals surface area (Å²) < 4.78 is 120. The zero-order valence-electron chi connectivity index (χ0n) is 64.8. The van der Waals surface area contributed by atoms with Crippen LogP contribution in [-0.2, 0) is 614 Å². The number of ether oxygens (including phenoxy) is 10. The van der Waals surface area contributed by atoms with Crippen LogP contribution in [0.25, 0.3) is 5.32 Å². The van der Waals surface area contributed by atoms with Crippen molar-refractivity contribution in [1.82, 2.24) is 10.2 Å². The third kappa shape index (κ3) is 46.5. The molecule has 6 aliphatic heterocycles. The van der Waals surface area contributed by atoms with Crippen LogP contribution >= 0.6 is 11.9 Å². The number of piperidine rings is 3. The molecule has 116 heavy (non-hydrogen) atoms. The van der Waals surface area contributed by atoms with Gasteiger partial charge in [0.25, 0.3) is 11.4 Å². The SMILES string of the molecule is O=C(OCl)c1ccc([N+](=O)[O-])cc1.[2H][C-]1Oc2ccc(O[CH-][C@@H]3CN(C(=O)Oc4ccc([N+](=O)[O-])cc4)CC[C@H]3c3ccc(F)cc3)cc2O1.[2H][C-]1Oc2ccc(O[CH-][C@@H]3CNCC[C@H]3c3ccc(F)cc3)cc2O1.[2H][C-]1Oc2ccc(O[CH-][C@@H]3C[N-]CC[C@H]3c3ccc(F)cc3)cc2O1.[W].[Y].[Y].[Y].[Y].[Y].[Y].[Y].[Y].[Y].[Y].[Y].[Y].[Y].[Y].[Y].[Y].[Y].[Y]. The summed E-state index contributed by atoms with van der Waals surface area (Å²) in [5, 5.41) is 28.9. The number of non-ortho nitro benzene ring substituents is 2. The minimum Gasteiger partial charge on any atom is -0.664 e. The van der Waals surface area contributed by atoms with Gasteiger partial charge in [-0.25, -0.2) is 22.8 Å². The van der Waals surface area contributed by atoms with Crippen molar-refractivity contribution in [2.24, 2.45) is 17.8 Å². The quantitative estimate of drug-likeness (QED) is 0.0536. The van der Waals surface area contributed by atoms with Crippen molar-refractivity contribution in [2.45, 2.75) is 37.0 Å². The van der Waals surface area contributed by atoms with Crippen LogP contribution in [0.1, 0.15) is 68.2 Å². The Morgan fingerprint density at radius 2 is 0.819 bits per heavy atom. The first-order valence-corrected chi connectivity index (χ1v) is 30.6. The molecular weight excluding hydrogens is 3070 g/mol. The Hall–Kier alpha value is 10.1. The fourth-order valence-electron chi connectivity index (χ4n) is 11.2. The van der Waals surface area contributed by atoms with Crippen molar-refractivity contribution < 1.29 is 698 Å². The van der Waals surface area contributed by atoms with Crippen molar-refractivity contribution in [3.05, 3.63) is 281 Å². The number of nitrogens with zero attached hydrogens (tertiary/aromatic N) is 4. The molecule has 0 spiro atoms. The molecule has 8 aromatic rings. The molecule has 0 aliphatic carbocycles. The van der Waals surface area contributed by atoms with E-state index in [0.29, 0.717) is 71.3 Å². The van der Waals surface area contributed by atoms with Gasteiger partial charge in [-0.15, -0.1) is 28.4 Å². The molecule has 1 N–H and O–H groups in total. The number of rotatable bonds is 16. The molecule has 14 rings (SSSR count). The Bertz CT molecular complexity index is 4060. The molecule has 8 aromatic carbocycles. The molecule has 3 fully saturated rings. The number of carbonyl (C=O) groups is 2. The fourth-order valence-corrected chi connectivity index (χ4v) is 11.3. The van der Waals surface area contributed by atoms with E-state index in [4.69, 9.17) is 63.3 Å². The van der Waals surface area contributed by atoms with Gasteiger partial charge in [0.15, 0.2) is 0 Å². The van der Waals surface area contributed by atoms with Crippen molar-refractivity contribution in [1.29, 1.82) is 0 Å². The van der Waals surface area contributed by atoms with Crippen molar-refractivity contribution >= 4 is 35.3 Å². The number of nitrogens with one attached hydrogen (secondary N) is 1. The van der Waals surface area contributed by atoms with E-state index in [2.05, 4.69) is 14.9 Å². The van der Waals surface area contributed by atoms with E-state index in [1.54, 1.807) is 79.9 Å². The molecular formula is C71H60ClF3N5O17WY18-7. The Morgan fingerprint density at radius 3 is 1.21 bits per heavy atom. The van der Waals surface area contributed by atoms with Gasteiger partial charge in [-0.2, -0.15) is 26.4 Å². The van der Waals surface area contributed by atoms with Crippen molar-refractivity contribution in [3.8, 4) is 57.5 Å². The minimum atomic E-state index is -0.739. The first-order chi connectivity index (χ1) is 48.4. The molecule has 6 heterocycles. The number of likely N-dealkylation sites (tertiary alicyclic amines) is 1. The Kier molecular flexibility index (Phi) is 92.0. The fraction of sp³-hybridized carbons (Fsp3) is 0.211. The number of benzene rings is 8. The van der Waals surface area contributed by atoms with Crippen LogP contribution < -0.4 is 52.7 Å². The molecule has 1 amide bonds.